The summed E-state index contributed by atoms with van der Waals surface area (Å²) in [6.07, 6.45) is -3.11. The monoisotopic (exact) mass is 231 g/mol. The molecule has 0 aliphatic carbocycles. The Kier molecular flexibility index (Phi) is 2.21. The second kappa shape index (κ2) is 3.32. The molecule has 8 heteroatoms. The summed E-state index contributed by atoms with van der Waals surface area (Å²) in [5, 5.41) is 10.0. The average molecular weight is 231 g/mol. The smallest absolute Gasteiger partial charge is 0.282 e. The van der Waals surface area contributed by atoms with Crippen molar-refractivity contribution in [3.8, 4) is 11.4 Å². The zero-order valence-electron chi connectivity index (χ0n) is 8.50. The third-order valence-corrected chi connectivity index (χ3v) is 2.09. The van der Waals surface area contributed by atoms with E-state index in [0.717, 1.165) is 0 Å². The molecular weight excluding hydrogens is 223 g/mol. The van der Waals surface area contributed by atoms with Gasteiger partial charge in [-0.25, -0.2) is 9.67 Å². The van der Waals surface area contributed by atoms with Crippen molar-refractivity contribution >= 4 is 0 Å². The molecule has 1 N–H and O–H groups in total. The van der Waals surface area contributed by atoms with E-state index in [9.17, 15) is 13.2 Å². The zero-order valence-corrected chi connectivity index (χ0v) is 8.50. The molecule has 5 nitrogen and oxygen atoms in total. The predicted molar refractivity (Wildman–Crippen MR) is 48.3 cm³/mol. The molecule has 0 radical (unpaired) electrons. The highest BCUT2D eigenvalue weighted by atomic mass is 19.4. The summed E-state index contributed by atoms with van der Waals surface area (Å²) in [6.45, 7) is 1.69. The third-order valence-electron chi connectivity index (χ3n) is 2.09. The van der Waals surface area contributed by atoms with Crippen LogP contribution in [0.3, 0.4) is 0 Å². The van der Waals surface area contributed by atoms with E-state index in [1.165, 1.54) is 13.2 Å². The molecule has 16 heavy (non-hydrogen) atoms. The maximum Gasteiger partial charge on any atom is 0.451 e. The number of nitrogens with one attached hydrogen (secondary N) is 1. The van der Waals surface area contributed by atoms with Crippen molar-refractivity contribution in [1.82, 2.24) is 25.0 Å². The van der Waals surface area contributed by atoms with Crippen molar-refractivity contribution < 1.29 is 13.2 Å². The highest BCUT2D eigenvalue weighted by Crippen LogP contribution is 2.29. The van der Waals surface area contributed by atoms with Crippen molar-refractivity contribution in [2.45, 2.75) is 13.1 Å². The van der Waals surface area contributed by atoms with Gasteiger partial charge in [-0.1, -0.05) is 0 Å². The van der Waals surface area contributed by atoms with Gasteiger partial charge < -0.3 is 0 Å². The molecule has 2 rings (SSSR count). The quantitative estimate of drug-likeness (QED) is 0.809. The molecule has 0 aromatic carbocycles. The molecule has 0 atom stereocenters. The van der Waals surface area contributed by atoms with Crippen LogP contribution in [0.4, 0.5) is 13.2 Å². The Bertz CT molecular complexity index is 510. The number of aryl methyl sites for hydroxylation is 2. The summed E-state index contributed by atoms with van der Waals surface area (Å²) in [7, 11) is 1.20. The summed E-state index contributed by atoms with van der Waals surface area (Å²) in [5.41, 5.74) is 1.09. The van der Waals surface area contributed by atoms with Gasteiger partial charge in [0.15, 0.2) is 5.82 Å². The minimum atomic E-state index is -4.50. The van der Waals surface area contributed by atoms with E-state index in [1.807, 2.05) is 0 Å². The SMILES string of the molecule is Cc1[nH]ncc1-c1nc(C(F)(F)F)n(C)n1. The van der Waals surface area contributed by atoms with Gasteiger partial charge in [-0.3, -0.25) is 5.10 Å². The third kappa shape index (κ3) is 1.66. The number of rotatable bonds is 1. The number of alkyl halides is 3. The molecule has 0 spiro atoms. The van der Waals surface area contributed by atoms with Gasteiger partial charge in [0.05, 0.1) is 11.8 Å². The number of hydrogen-bond donors (Lipinski definition) is 1. The van der Waals surface area contributed by atoms with Crippen LogP contribution in [0.5, 0.6) is 0 Å². The van der Waals surface area contributed by atoms with E-state index in [0.29, 0.717) is 15.9 Å². The van der Waals surface area contributed by atoms with E-state index < -0.39 is 12.0 Å². The van der Waals surface area contributed by atoms with Crippen molar-refractivity contribution in [2.24, 2.45) is 7.05 Å². The molecular formula is C8H8F3N5. The lowest BCUT2D eigenvalue weighted by Gasteiger charge is -2.02. The Morgan fingerprint density at radius 1 is 1.38 bits per heavy atom. The van der Waals surface area contributed by atoms with E-state index in [-0.39, 0.29) is 5.82 Å². The molecule has 0 unspecified atom stereocenters. The normalized spacial score (nSPS) is 12.1. The number of H-pyrrole nitrogens is 1. The van der Waals surface area contributed by atoms with E-state index in [2.05, 4.69) is 20.3 Å². The van der Waals surface area contributed by atoms with Crippen molar-refractivity contribution in [2.75, 3.05) is 0 Å². The molecule has 2 aromatic rings. The van der Waals surface area contributed by atoms with Gasteiger partial charge in [-0.05, 0) is 6.92 Å². The molecule has 86 valence electrons. The van der Waals surface area contributed by atoms with E-state index in [1.54, 1.807) is 6.92 Å². The van der Waals surface area contributed by atoms with Crippen molar-refractivity contribution in [3.05, 3.63) is 17.7 Å². The molecule has 0 fully saturated rings. The average Bonchev–Trinajstić information content (AvgIpc) is 2.70. The van der Waals surface area contributed by atoms with Crippen LogP contribution in [-0.4, -0.2) is 25.0 Å². The standard InChI is InChI=1S/C8H8F3N5/c1-4-5(3-12-14-4)6-13-7(8(9,10)11)16(2)15-6/h3H,1-2H3,(H,12,14). The predicted octanol–water partition coefficient (Wildman–Crippen LogP) is 1.53. The van der Waals surface area contributed by atoms with Gasteiger partial charge >= 0.3 is 6.18 Å². The molecule has 2 heterocycles. The molecule has 0 aliphatic heterocycles. The lowest BCUT2D eigenvalue weighted by molar-refractivity contribution is -0.147. The van der Waals surface area contributed by atoms with Crippen LogP contribution in [0.15, 0.2) is 6.20 Å². The topological polar surface area (TPSA) is 59.4 Å². The van der Waals surface area contributed by atoms with Gasteiger partial charge in [0.2, 0.25) is 5.82 Å². The molecule has 0 amide bonds. The van der Waals surface area contributed by atoms with Crippen LogP contribution >= 0.6 is 0 Å². The number of aromatic amines is 1. The first-order valence-electron chi connectivity index (χ1n) is 4.38. The van der Waals surface area contributed by atoms with Crippen LogP contribution in [-0.2, 0) is 13.2 Å². The van der Waals surface area contributed by atoms with Gasteiger partial charge in [-0.15, -0.1) is 0 Å². The number of nitrogens with zero attached hydrogens (tertiary/aromatic N) is 4. The molecule has 0 aliphatic rings. The van der Waals surface area contributed by atoms with E-state index >= 15 is 0 Å². The zero-order chi connectivity index (χ0) is 11.9. The van der Waals surface area contributed by atoms with Gasteiger partial charge in [0.25, 0.3) is 0 Å². The largest absolute Gasteiger partial charge is 0.451 e. The Labute approximate surface area is 88.3 Å². The first-order valence-corrected chi connectivity index (χ1v) is 4.38. The van der Waals surface area contributed by atoms with Crippen LogP contribution in [0, 0.1) is 6.92 Å². The Balaban J connectivity index is 2.51. The van der Waals surface area contributed by atoms with Gasteiger partial charge in [-0.2, -0.15) is 23.4 Å². The van der Waals surface area contributed by atoms with Gasteiger partial charge in [0, 0.05) is 12.7 Å². The van der Waals surface area contributed by atoms with Gasteiger partial charge in [0.1, 0.15) is 0 Å². The van der Waals surface area contributed by atoms with E-state index in [4.69, 9.17) is 0 Å². The second-order valence-corrected chi connectivity index (χ2v) is 3.29. The van der Waals surface area contributed by atoms with Crippen LogP contribution < -0.4 is 0 Å². The Morgan fingerprint density at radius 3 is 2.50 bits per heavy atom. The highest BCUT2D eigenvalue weighted by Gasteiger charge is 2.37. The maximum atomic E-state index is 12.5. The van der Waals surface area contributed by atoms with Crippen LogP contribution in [0.1, 0.15) is 11.5 Å². The fourth-order valence-electron chi connectivity index (χ4n) is 1.32. The number of halogens is 3. The molecule has 0 saturated heterocycles. The van der Waals surface area contributed by atoms with Crippen LogP contribution in [0.2, 0.25) is 0 Å². The lowest BCUT2D eigenvalue weighted by atomic mass is 10.2. The second-order valence-electron chi connectivity index (χ2n) is 3.29. The summed E-state index contributed by atoms with van der Waals surface area (Å²) < 4.78 is 38.1. The lowest BCUT2D eigenvalue weighted by Crippen LogP contribution is -2.13. The molecule has 0 saturated carbocycles. The van der Waals surface area contributed by atoms with Crippen molar-refractivity contribution in [1.29, 1.82) is 0 Å². The summed E-state index contributed by atoms with van der Waals surface area (Å²) >= 11 is 0. The Morgan fingerprint density at radius 2 is 2.06 bits per heavy atom. The fourth-order valence-corrected chi connectivity index (χ4v) is 1.32. The Hall–Kier alpha value is -1.86. The minimum Gasteiger partial charge on any atom is -0.282 e. The molecule has 0 bridgehead atoms. The van der Waals surface area contributed by atoms with Crippen LogP contribution in [0.25, 0.3) is 11.4 Å². The van der Waals surface area contributed by atoms with Crippen molar-refractivity contribution in [3.63, 3.8) is 0 Å². The number of hydrogen-bond acceptors (Lipinski definition) is 3. The fraction of sp³-hybridized carbons (Fsp3) is 0.375. The summed E-state index contributed by atoms with van der Waals surface area (Å²) in [6, 6.07) is 0. The highest BCUT2D eigenvalue weighted by molar-refractivity contribution is 5.56. The summed E-state index contributed by atoms with van der Waals surface area (Å²) in [4.78, 5) is 3.45. The first kappa shape index (κ1) is 10.7. The maximum absolute atomic E-state index is 12.5. The number of aromatic nitrogens is 5. The minimum absolute atomic E-state index is 0.0149. The summed E-state index contributed by atoms with van der Waals surface area (Å²) in [5.74, 6) is -1.01. The first-order chi connectivity index (χ1) is 7.39. The molecule has 2 aromatic heterocycles.